The van der Waals surface area contributed by atoms with E-state index in [0.717, 1.165) is 21.4 Å². The molecule has 0 spiro atoms. The van der Waals surface area contributed by atoms with Crippen LogP contribution in [0.5, 0.6) is 0 Å². The van der Waals surface area contributed by atoms with Gasteiger partial charge in [-0.15, -0.1) is 16.4 Å². The van der Waals surface area contributed by atoms with E-state index in [0.29, 0.717) is 17.2 Å². The molecule has 8 heteroatoms. The molecule has 4 heterocycles. The summed E-state index contributed by atoms with van der Waals surface area (Å²) in [6.07, 6.45) is 1.68. The van der Waals surface area contributed by atoms with Gasteiger partial charge in [0.2, 0.25) is 0 Å². The first-order valence-corrected chi connectivity index (χ1v) is 8.84. The Kier molecular flexibility index (Phi) is 3.17. The Morgan fingerprint density at radius 2 is 1.96 bits per heavy atom. The fourth-order valence-electron chi connectivity index (χ4n) is 2.96. The first-order chi connectivity index (χ1) is 12.6. The highest BCUT2D eigenvalue weighted by Crippen LogP contribution is 2.31. The third kappa shape index (κ3) is 2.22. The number of H-pyrrole nitrogens is 1. The van der Waals surface area contributed by atoms with Crippen LogP contribution in [0.15, 0.2) is 36.7 Å². The van der Waals surface area contributed by atoms with Crippen molar-refractivity contribution in [1.82, 2.24) is 29.8 Å². The van der Waals surface area contributed by atoms with Gasteiger partial charge in [-0.05, 0) is 49.7 Å². The van der Waals surface area contributed by atoms with Gasteiger partial charge < -0.3 is 0 Å². The van der Waals surface area contributed by atoms with E-state index in [2.05, 4.69) is 34.1 Å². The van der Waals surface area contributed by atoms with Gasteiger partial charge in [0.25, 0.3) is 0 Å². The van der Waals surface area contributed by atoms with Crippen molar-refractivity contribution >= 4 is 27.2 Å². The lowest BCUT2D eigenvalue weighted by atomic mass is 10.1. The third-order valence-corrected chi connectivity index (χ3v) is 5.58. The van der Waals surface area contributed by atoms with E-state index in [-0.39, 0.29) is 5.82 Å². The lowest BCUT2D eigenvalue weighted by Crippen LogP contribution is -1.90. The summed E-state index contributed by atoms with van der Waals surface area (Å²) in [6, 6.07) is 8.07. The predicted octanol–water partition coefficient (Wildman–Crippen LogP) is 4.15. The molecule has 128 valence electrons. The summed E-state index contributed by atoms with van der Waals surface area (Å²) in [5.41, 5.74) is 4.20. The monoisotopic (exact) mass is 364 g/mol. The van der Waals surface area contributed by atoms with E-state index in [1.54, 1.807) is 34.3 Å². The van der Waals surface area contributed by atoms with Crippen molar-refractivity contribution in [1.29, 1.82) is 0 Å². The van der Waals surface area contributed by atoms with Crippen LogP contribution in [0.25, 0.3) is 38.6 Å². The first kappa shape index (κ1) is 15.2. The molecule has 1 aromatic carbocycles. The maximum absolute atomic E-state index is 13.1. The van der Waals surface area contributed by atoms with Gasteiger partial charge in [-0.2, -0.15) is 5.10 Å². The van der Waals surface area contributed by atoms with Crippen LogP contribution in [0.4, 0.5) is 4.39 Å². The van der Waals surface area contributed by atoms with Crippen LogP contribution in [0.3, 0.4) is 0 Å². The Bertz CT molecular complexity index is 1260. The molecule has 0 aliphatic heterocycles. The molecule has 0 aliphatic rings. The van der Waals surface area contributed by atoms with Gasteiger partial charge in [0.05, 0.1) is 11.1 Å². The number of aromatic amines is 1. The predicted molar refractivity (Wildman–Crippen MR) is 98.6 cm³/mol. The molecule has 5 aromatic rings. The number of halogens is 1. The van der Waals surface area contributed by atoms with Crippen LogP contribution in [0.2, 0.25) is 0 Å². The van der Waals surface area contributed by atoms with Crippen LogP contribution in [-0.2, 0) is 0 Å². The van der Waals surface area contributed by atoms with Crippen molar-refractivity contribution in [2.24, 2.45) is 0 Å². The first-order valence-electron chi connectivity index (χ1n) is 8.03. The number of nitrogens with zero attached hydrogens (tertiary/aromatic N) is 5. The molecule has 6 nitrogen and oxygen atoms in total. The number of benzene rings is 1. The van der Waals surface area contributed by atoms with Crippen molar-refractivity contribution in [3.8, 4) is 22.8 Å². The van der Waals surface area contributed by atoms with Crippen LogP contribution in [0, 0.1) is 19.7 Å². The number of fused-ring (bicyclic) bond motifs is 3. The molecule has 0 radical (unpaired) electrons. The third-order valence-electron chi connectivity index (χ3n) is 4.46. The molecule has 1 N–H and O–H groups in total. The molecule has 5 rings (SSSR count). The topological polar surface area (TPSA) is 71.8 Å². The Balaban J connectivity index is 1.63. The number of nitrogens with one attached hydrogen (secondary N) is 1. The van der Waals surface area contributed by atoms with E-state index in [4.69, 9.17) is 4.98 Å². The zero-order chi connectivity index (χ0) is 17.8. The smallest absolute Gasteiger partial charge is 0.200 e. The quantitative estimate of drug-likeness (QED) is 0.511. The highest BCUT2D eigenvalue weighted by Gasteiger charge is 2.16. The highest BCUT2D eigenvalue weighted by molar-refractivity contribution is 7.18. The molecule has 0 bridgehead atoms. The summed E-state index contributed by atoms with van der Waals surface area (Å²) in [4.78, 5) is 11.4. The minimum Gasteiger partial charge on any atom is -0.274 e. The molecule has 0 saturated heterocycles. The van der Waals surface area contributed by atoms with Crippen molar-refractivity contribution in [3.05, 3.63) is 52.9 Å². The van der Waals surface area contributed by atoms with Crippen molar-refractivity contribution in [2.75, 3.05) is 0 Å². The molecule has 0 amide bonds. The average molecular weight is 364 g/mol. The fourth-order valence-corrected chi connectivity index (χ4v) is 3.96. The molecular weight excluding hydrogens is 351 g/mol. The average Bonchev–Trinajstić information content (AvgIpc) is 3.33. The van der Waals surface area contributed by atoms with Gasteiger partial charge in [-0.3, -0.25) is 5.10 Å². The molecular formula is C18H13FN6S. The highest BCUT2D eigenvalue weighted by atomic mass is 32.1. The molecule has 0 atom stereocenters. The Labute approximate surface area is 151 Å². The van der Waals surface area contributed by atoms with E-state index >= 15 is 0 Å². The second-order valence-corrected chi connectivity index (χ2v) is 7.29. The zero-order valence-corrected chi connectivity index (χ0v) is 14.8. The van der Waals surface area contributed by atoms with E-state index < -0.39 is 0 Å². The van der Waals surface area contributed by atoms with Crippen molar-refractivity contribution in [3.63, 3.8) is 0 Å². The summed E-state index contributed by atoms with van der Waals surface area (Å²) in [7, 11) is 0. The van der Waals surface area contributed by atoms with Gasteiger partial charge in [-0.25, -0.2) is 18.9 Å². The fraction of sp³-hybridized carbons (Fsp3) is 0.111. The van der Waals surface area contributed by atoms with Crippen LogP contribution >= 0.6 is 11.3 Å². The molecule has 4 aromatic heterocycles. The Morgan fingerprint density at radius 1 is 1.15 bits per heavy atom. The number of aromatic nitrogens is 6. The summed E-state index contributed by atoms with van der Waals surface area (Å²) in [5.74, 6) is 0.271. The lowest BCUT2D eigenvalue weighted by molar-refractivity contribution is 0.628. The Morgan fingerprint density at radius 3 is 2.77 bits per heavy atom. The summed E-state index contributed by atoms with van der Waals surface area (Å²) < 4.78 is 14.8. The van der Waals surface area contributed by atoms with Crippen LogP contribution in [-0.4, -0.2) is 29.8 Å². The second kappa shape index (κ2) is 5.43. The maximum atomic E-state index is 13.1. The molecule has 0 aliphatic carbocycles. The largest absolute Gasteiger partial charge is 0.274 e. The van der Waals surface area contributed by atoms with Gasteiger partial charge in [0.1, 0.15) is 22.7 Å². The molecule has 0 unspecified atom stereocenters. The summed E-state index contributed by atoms with van der Waals surface area (Å²) in [6.45, 7) is 4.16. The summed E-state index contributed by atoms with van der Waals surface area (Å²) >= 11 is 1.66. The van der Waals surface area contributed by atoms with Crippen molar-refractivity contribution < 1.29 is 4.39 Å². The SMILES string of the molecule is Cc1sc2ncn3nc(-c4cc(-c5ccc(F)cc5)n[nH]4)nc3c2c1C. The standard InChI is InChI=1S/C18H13FN6S/c1-9-10(2)26-18-15(9)17-21-16(24-25(17)8-20-18)14-7-13(22-23-14)11-3-5-12(19)6-4-11/h3-8H,1-2H3,(H,22,23). The maximum Gasteiger partial charge on any atom is 0.200 e. The number of hydrogen-bond donors (Lipinski definition) is 1. The lowest BCUT2D eigenvalue weighted by Gasteiger charge is -1.94. The number of thiophene rings is 1. The number of aryl methyl sites for hydroxylation is 2. The van der Waals surface area contributed by atoms with Gasteiger partial charge >= 0.3 is 0 Å². The van der Waals surface area contributed by atoms with Gasteiger partial charge in [0, 0.05) is 10.4 Å². The van der Waals surface area contributed by atoms with Gasteiger partial charge in [-0.1, -0.05) is 0 Å². The molecule has 0 saturated carbocycles. The molecule has 26 heavy (non-hydrogen) atoms. The molecule has 0 fully saturated rings. The number of rotatable bonds is 2. The van der Waals surface area contributed by atoms with E-state index in [1.807, 2.05) is 6.07 Å². The van der Waals surface area contributed by atoms with Gasteiger partial charge in [0.15, 0.2) is 11.5 Å². The van der Waals surface area contributed by atoms with E-state index in [9.17, 15) is 4.39 Å². The number of hydrogen-bond acceptors (Lipinski definition) is 5. The second-order valence-electron chi connectivity index (χ2n) is 6.09. The Hall–Kier alpha value is -3.13. The minimum atomic E-state index is -0.274. The van der Waals surface area contributed by atoms with E-state index in [1.165, 1.54) is 22.6 Å². The zero-order valence-electron chi connectivity index (χ0n) is 14.0. The van der Waals surface area contributed by atoms with Crippen molar-refractivity contribution in [2.45, 2.75) is 13.8 Å². The van der Waals surface area contributed by atoms with Crippen LogP contribution in [0.1, 0.15) is 10.4 Å². The summed E-state index contributed by atoms with van der Waals surface area (Å²) in [5, 5.41) is 12.8. The van der Waals surface area contributed by atoms with Crippen LogP contribution < -0.4 is 0 Å². The minimum absolute atomic E-state index is 0.274. The normalized spacial score (nSPS) is 11.7.